The maximum absolute atomic E-state index is 12.0. The summed E-state index contributed by atoms with van der Waals surface area (Å²) in [6.45, 7) is 4.57. The molecule has 0 rings (SSSR count). The van der Waals surface area contributed by atoms with Gasteiger partial charge in [0.25, 0.3) is 0 Å². The Hall–Kier alpha value is 0.0200. The van der Waals surface area contributed by atoms with Gasteiger partial charge in [-0.2, -0.15) is 0 Å². The third-order valence-electron chi connectivity index (χ3n) is 6.75. The average Bonchev–Trinajstić information content (AvgIpc) is 2.80. The zero-order valence-corrected chi connectivity index (χ0v) is 23.2. The molecule has 0 atom stereocenters. The second-order valence-electron chi connectivity index (χ2n) is 10.1. The molecule has 0 aliphatic heterocycles. The maximum Gasteiger partial charge on any atom is 0.188 e. The van der Waals surface area contributed by atoms with Gasteiger partial charge in [-0.1, -0.05) is 173 Å². The van der Waals surface area contributed by atoms with Crippen molar-refractivity contribution in [3.8, 4) is 0 Å². The van der Waals surface area contributed by atoms with Crippen LogP contribution in [0.2, 0.25) is 0 Å². The number of carbonyl (C=O) groups is 1. The van der Waals surface area contributed by atoms with Crippen molar-refractivity contribution in [2.75, 3.05) is 5.75 Å². The molecule has 0 saturated carbocycles. The summed E-state index contributed by atoms with van der Waals surface area (Å²) in [4.78, 5) is 12.0. The van der Waals surface area contributed by atoms with Crippen molar-refractivity contribution in [1.82, 2.24) is 0 Å². The van der Waals surface area contributed by atoms with Crippen molar-refractivity contribution in [2.24, 2.45) is 0 Å². The lowest BCUT2D eigenvalue weighted by molar-refractivity contribution is -0.111. The SMILES string of the molecule is CCCCCCCCCCCCCCCCCCSC(=O)CCCCCCCCCCC. The quantitative estimate of drug-likeness (QED) is 0.111. The first-order chi connectivity index (χ1) is 15.8. The molecule has 0 saturated heterocycles. The topological polar surface area (TPSA) is 17.1 Å². The van der Waals surface area contributed by atoms with Crippen molar-refractivity contribution in [3.63, 3.8) is 0 Å². The first kappa shape index (κ1) is 32.0. The first-order valence-electron chi connectivity index (χ1n) is 15.0. The molecule has 0 bridgehead atoms. The monoisotopic (exact) mass is 468 g/mol. The Morgan fingerprint density at radius 3 is 1.03 bits per heavy atom. The highest BCUT2D eigenvalue weighted by Gasteiger charge is 2.02. The second kappa shape index (κ2) is 29.1. The van der Waals surface area contributed by atoms with Crippen molar-refractivity contribution in [1.29, 1.82) is 0 Å². The Balaban J connectivity index is 3.12. The van der Waals surface area contributed by atoms with Crippen LogP contribution in [0.1, 0.15) is 181 Å². The molecule has 0 aliphatic rings. The standard InChI is InChI=1S/C30H60OS/c1-3-5-7-9-11-13-14-15-16-17-18-19-21-23-25-27-29-32-30(31)28-26-24-22-20-12-10-8-6-4-2/h3-29H2,1-2H3. The Kier molecular flexibility index (Phi) is 29.1. The molecule has 0 N–H and O–H groups in total. The number of unbranched alkanes of at least 4 members (excludes halogenated alkanes) is 23. The highest BCUT2D eigenvalue weighted by atomic mass is 32.2. The zero-order valence-electron chi connectivity index (χ0n) is 22.4. The summed E-state index contributed by atoms with van der Waals surface area (Å²) in [6, 6.07) is 0. The summed E-state index contributed by atoms with van der Waals surface area (Å²) in [7, 11) is 0. The summed E-state index contributed by atoms with van der Waals surface area (Å²) in [6.07, 6.45) is 35.4. The van der Waals surface area contributed by atoms with E-state index < -0.39 is 0 Å². The largest absolute Gasteiger partial charge is 0.287 e. The highest BCUT2D eigenvalue weighted by Crippen LogP contribution is 2.17. The maximum atomic E-state index is 12.0. The van der Waals surface area contributed by atoms with Crippen LogP contribution in [0, 0.1) is 0 Å². The fourth-order valence-electron chi connectivity index (χ4n) is 4.49. The van der Waals surface area contributed by atoms with E-state index >= 15 is 0 Å². The molecule has 0 unspecified atom stereocenters. The molecular weight excluding hydrogens is 408 g/mol. The van der Waals surface area contributed by atoms with E-state index in [4.69, 9.17) is 0 Å². The first-order valence-corrected chi connectivity index (χ1v) is 16.0. The molecule has 0 aliphatic carbocycles. The molecule has 0 aromatic rings. The van der Waals surface area contributed by atoms with Crippen molar-refractivity contribution >= 4 is 16.9 Å². The lowest BCUT2D eigenvalue weighted by atomic mass is 10.0. The third-order valence-corrected chi connectivity index (χ3v) is 7.76. The van der Waals surface area contributed by atoms with Gasteiger partial charge in [0.2, 0.25) is 0 Å². The van der Waals surface area contributed by atoms with Crippen LogP contribution in [0.25, 0.3) is 0 Å². The van der Waals surface area contributed by atoms with Gasteiger partial charge in [0.05, 0.1) is 0 Å². The van der Waals surface area contributed by atoms with E-state index in [1.807, 2.05) is 0 Å². The van der Waals surface area contributed by atoms with Gasteiger partial charge in [0.15, 0.2) is 5.12 Å². The van der Waals surface area contributed by atoms with E-state index in [2.05, 4.69) is 13.8 Å². The van der Waals surface area contributed by atoms with E-state index in [1.165, 1.54) is 154 Å². The molecule has 0 amide bonds. The Morgan fingerprint density at radius 1 is 0.406 bits per heavy atom. The minimum absolute atomic E-state index is 0.439. The van der Waals surface area contributed by atoms with Gasteiger partial charge in [0, 0.05) is 12.2 Å². The van der Waals surface area contributed by atoms with Gasteiger partial charge in [-0.05, 0) is 12.8 Å². The number of hydrogen-bond acceptors (Lipinski definition) is 2. The molecule has 0 aromatic heterocycles. The van der Waals surface area contributed by atoms with Crippen LogP contribution in [0.4, 0.5) is 0 Å². The molecular formula is C30H60OS. The van der Waals surface area contributed by atoms with Gasteiger partial charge in [-0.15, -0.1) is 0 Å². The predicted octanol–water partition coefficient (Wildman–Crippen LogP) is 11.4. The van der Waals surface area contributed by atoms with Crippen LogP contribution in [-0.4, -0.2) is 10.9 Å². The molecule has 0 fully saturated rings. The van der Waals surface area contributed by atoms with Crippen molar-refractivity contribution in [3.05, 3.63) is 0 Å². The Morgan fingerprint density at radius 2 is 0.688 bits per heavy atom. The van der Waals surface area contributed by atoms with E-state index in [1.54, 1.807) is 11.8 Å². The summed E-state index contributed by atoms with van der Waals surface area (Å²) in [5, 5.41) is 0.439. The molecule has 32 heavy (non-hydrogen) atoms. The van der Waals surface area contributed by atoms with Crippen LogP contribution < -0.4 is 0 Å². The minimum Gasteiger partial charge on any atom is -0.287 e. The Bertz CT molecular complexity index is 355. The van der Waals surface area contributed by atoms with E-state index in [9.17, 15) is 4.79 Å². The lowest BCUT2D eigenvalue weighted by Crippen LogP contribution is -1.94. The smallest absolute Gasteiger partial charge is 0.188 e. The van der Waals surface area contributed by atoms with Gasteiger partial charge in [-0.25, -0.2) is 0 Å². The van der Waals surface area contributed by atoms with Crippen LogP contribution in [-0.2, 0) is 4.79 Å². The highest BCUT2D eigenvalue weighted by molar-refractivity contribution is 8.13. The molecule has 0 heterocycles. The average molecular weight is 469 g/mol. The van der Waals surface area contributed by atoms with Gasteiger partial charge >= 0.3 is 0 Å². The van der Waals surface area contributed by atoms with Crippen molar-refractivity contribution in [2.45, 2.75) is 181 Å². The summed E-state index contributed by atoms with van der Waals surface area (Å²) >= 11 is 1.60. The number of hydrogen-bond donors (Lipinski definition) is 0. The molecule has 0 spiro atoms. The third kappa shape index (κ3) is 28.1. The summed E-state index contributed by atoms with van der Waals surface area (Å²) < 4.78 is 0. The molecule has 1 nitrogen and oxygen atoms in total. The molecule has 0 aromatic carbocycles. The zero-order chi connectivity index (χ0) is 23.4. The fourth-order valence-corrected chi connectivity index (χ4v) is 5.35. The second-order valence-corrected chi connectivity index (χ2v) is 11.3. The van der Waals surface area contributed by atoms with Gasteiger partial charge in [0.1, 0.15) is 0 Å². The van der Waals surface area contributed by atoms with E-state index in [-0.39, 0.29) is 0 Å². The van der Waals surface area contributed by atoms with Gasteiger partial charge < -0.3 is 0 Å². The van der Waals surface area contributed by atoms with Crippen LogP contribution in [0.15, 0.2) is 0 Å². The van der Waals surface area contributed by atoms with Crippen LogP contribution in [0.3, 0.4) is 0 Å². The van der Waals surface area contributed by atoms with E-state index in [0.717, 1.165) is 18.6 Å². The Labute approximate surface area is 208 Å². The van der Waals surface area contributed by atoms with Gasteiger partial charge in [-0.3, -0.25) is 4.79 Å². The summed E-state index contributed by atoms with van der Waals surface area (Å²) in [5.41, 5.74) is 0. The van der Waals surface area contributed by atoms with Crippen LogP contribution >= 0.6 is 11.8 Å². The number of carbonyl (C=O) groups excluding carboxylic acids is 1. The van der Waals surface area contributed by atoms with E-state index in [0.29, 0.717) is 5.12 Å². The molecule has 2 heteroatoms. The normalized spacial score (nSPS) is 11.3. The van der Waals surface area contributed by atoms with Crippen LogP contribution in [0.5, 0.6) is 0 Å². The predicted molar refractivity (Wildman–Crippen MR) is 149 cm³/mol. The summed E-state index contributed by atoms with van der Waals surface area (Å²) in [5.74, 6) is 1.05. The molecule has 0 radical (unpaired) electrons. The van der Waals surface area contributed by atoms with Crippen molar-refractivity contribution < 1.29 is 4.79 Å². The number of thioether (sulfide) groups is 1. The fraction of sp³-hybridized carbons (Fsp3) is 0.967. The minimum atomic E-state index is 0.439. The molecule has 192 valence electrons. The number of rotatable bonds is 27. The lowest BCUT2D eigenvalue weighted by Gasteiger charge is -2.04.